The summed E-state index contributed by atoms with van der Waals surface area (Å²) in [6.45, 7) is 1.91. The molecule has 0 radical (unpaired) electrons. The maximum atomic E-state index is 12.5. The first kappa shape index (κ1) is 14.7. The molecule has 0 aliphatic heterocycles. The van der Waals surface area contributed by atoms with Gasteiger partial charge in [-0.25, -0.2) is 0 Å². The van der Waals surface area contributed by atoms with Crippen molar-refractivity contribution in [2.45, 2.75) is 12.0 Å². The molecule has 3 rings (SSSR count). The maximum absolute atomic E-state index is 12.5. The van der Waals surface area contributed by atoms with E-state index in [0.29, 0.717) is 9.65 Å². The van der Waals surface area contributed by atoms with E-state index in [9.17, 15) is 8.42 Å². The van der Waals surface area contributed by atoms with Crippen LogP contribution in [0.25, 0.3) is 11.5 Å². The summed E-state index contributed by atoms with van der Waals surface area (Å²) in [5, 5.41) is 12.0. The molecule has 0 unspecified atom stereocenters. The topological polar surface area (TPSA) is 141 Å². The van der Waals surface area contributed by atoms with Crippen molar-refractivity contribution in [3.63, 3.8) is 0 Å². The van der Waals surface area contributed by atoms with Crippen molar-refractivity contribution < 1.29 is 12.8 Å². The number of hydrogen-bond acceptors (Lipinski definition) is 8. The van der Waals surface area contributed by atoms with E-state index < -0.39 is 15.1 Å². The van der Waals surface area contributed by atoms with Gasteiger partial charge in [-0.2, -0.15) is 23.6 Å². The molecular weight excluding hydrogens is 320 g/mol. The first-order chi connectivity index (χ1) is 10.9. The Morgan fingerprint density at radius 2 is 2.00 bits per heavy atom. The van der Waals surface area contributed by atoms with E-state index in [1.165, 1.54) is 0 Å². The standard InChI is InChI=1S/C13H10N6O3S/c1-8-2-4-9(5-3-8)11-18-10(6-14)12(22-11)23(20,21)19-13(15)16-7-17-19/h2-5,7H,1H3,(H2,15,16,17). The average molecular weight is 330 g/mol. The largest absolute Gasteiger partial charge is 0.421 e. The number of aryl methyl sites for hydroxylation is 1. The first-order valence-electron chi connectivity index (χ1n) is 6.32. The molecular formula is C13H10N6O3S. The fourth-order valence-corrected chi connectivity index (χ4v) is 3.01. The third-order valence-electron chi connectivity index (χ3n) is 3.00. The Hall–Kier alpha value is -3.19. The second-order valence-electron chi connectivity index (χ2n) is 4.60. The lowest BCUT2D eigenvalue weighted by Gasteiger charge is -2.01. The smallest absolute Gasteiger partial charge is 0.322 e. The number of oxazole rings is 1. The first-order valence-corrected chi connectivity index (χ1v) is 7.76. The van der Waals surface area contributed by atoms with Crippen LogP contribution in [0.1, 0.15) is 11.3 Å². The highest BCUT2D eigenvalue weighted by Crippen LogP contribution is 2.26. The lowest BCUT2D eigenvalue weighted by atomic mass is 10.1. The van der Waals surface area contributed by atoms with Gasteiger partial charge in [0.15, 0.2) is 0 Å². The van der Waals surface area contributed by atoms with Crippen molar-refractivity contribution >= 4 is 16.0 Å². The van der Waals surface area contributed by atoms with Gasteiger partial charge in [-0.3, -0.25) is 0 Å². The number of nitriles is 1. The Kier molecular flexibility index (Phi) is 3.34. The lowest BCUT2D eigenvalue weighted by Crippen LogP contribution is -2.17. The predicted octanol–water partition coefficient (Wildman–Crippen LogP) is 0.932. The van der Waals surface area contributed by atoms with Crippen LogP contribution in [-0.2, 0) is 10.0 Å². The number of anilines is 1. The summed E-state index contributed by atoms with van der Waals surface area (Å²) >= 11 is 0. The van der Waals surface area contributed by atoms with Gasteiger partial charge in [-0.05, 0) is 19.1 Å². The molecule has 0 amide bonds. The van der Waals surface area contributed by atoms with E-state index in [1.54, 1.807) is 18.2 Å². The molecule has 116 valence electrons. The molecule has 0 fully saturated rings. The van der Waals surface area contributed by atoms with Gasteiger partial charge in [0.25, 0.3) is 5.09 Å². The van der Waals surface area contributed by atoms with Crippen molar-refractivity contribution in [1.29, 1.82) is 5.26 Å². The zero-order chi connectivity index (χ0) is 16.6. The number of benzene rings is 1. The van der Waals surface area contributed by atoms with Gasteiger partial charge in [-0.1, -0.05) is 17.7 Å². The minimum Gasteiger partial charge on any atom is -0.421 e. The van der Waals surface area contributed by atoms with Crippen LogP contribution >= 0.6 is 0 Å². The van der Waals surface area contributed by atoms with Gasteiger partial charge in [0, 0.05) is 5.56 Å². The molecule has 0 saturated heterocycles. The minimum absolute atomic E-state index is 0.0128. The molecule has 0 bridgehead atoms. The molecule has 23 heavy (non-hydrogen) atoms. The molecule has 1 aromatic carbocycles. The van der Waals surface area contributed by atoms with Crippen LogP contribution in [0.4, 0.5) is 5.95 Å². The van der Waals surface area contributed by atoms with Crippen LogP contribution < -0.4 is 5.73 Å². The number of hydrogen-bond donors (Lipinski definition) is 1. The van der Waals surface area contributed by atoms with Gasteiger partial charge < -0.3 is 10.2 Å². The summed E-state index contributed by atoms with van der Waals surface area (Å²) in [4.78, 5) is 7.47. The van der Waals surface area contributed by atoms with Crippen molar-refractivity contribution in [1.82, 2.24) is 19.2 Å². The number of nitrogens with two attached hydrogens (primary N) is 1. The Balaban J connectivity index is 2.16. The summed E-state index contributed by atoms with van der Waals surface area (Å²) in [6, 6.07) is 8.75. The summed E-state index contributed by atoms with van der Waals surface area (Å²) < 4.78 is 30.8. The molecule has 2 N–H and O–H groups in total. The summed E-state index contributed by atoms with van der Waals surface area (Å²) in [7, 11) is -4.30. The molecule has 2 aromatic heterocycles. The number of nitrogen functional groups attached to an aromatic ring is 1. The van der Waals surface area contributed by atoms with Crippen LogP contribution in [0.15, 0.2) is 40.1 Å². The minimum atomic E-state index is -4.30. The van der Waals surface area contributed by atoms with Crippen LogP contribution in [-0.4, -0.2) is 27.6 Å². The van der Waals surface area contributed by atoms with Gasteiger partial charge in [-0.15, -0.1) is 9.19 Å². The second kappa shape index (κ2) is 5.22. The molecule has 10 heteroatoms. The third kappa shape index (κ3) is 2.43. The van der Waals surface area contributed by atoms with Crippen LogP contribution in [0, 0.1) is 18.3 Å². The fourth-order valence-electron chi connectivity index (χ4n) is 1.88. The molecule has 0 spiro atoms. The van der Waals surface area contributed by atoms with E-state index in [0.717, 1.165) is 11.9 Å². The molecule has 0 atom stereocenters. The van der Waals surface area contributed by atoms with E-state index in [4.69, 9.17) is 15.4 Å². The molecule has 3 aromatic rings. The third-order valence-corrected chi connectivity index (χ3v) is 4.49. The fraction of sp³-hybridized carbons (Fsp3) is 0.0769. The van der Waals surface area contributed by atoms with Crippen LogP contribution in [0.5, 0.6) is 0 Å². The van der Waals surface area contributed by atoms with E-state index in [1.807, 2.05) is 19.1 Å². The SMILES string of the molecule is Cc1ccc(-c2nc(C#N)c(S(=O)(=O)n3ncnc3N)o2)cc1. The number of rotatable bonds is 3. The van der Waals surface area contributed by atoms with Crippen molar-refractivity contribution in [2.24, 2.45) is 0 Å². The van der Waals surface area contributed by atoms with Crippen LogP contribution in [0.2, 0.25) is 0 Å². The zero-order valence-corrected chi connectivity index (χ0v) is 12.6. The van der Waals surface area contributed by atoms with Gasteiger partial charge in [0.05, 0.1) is 0 Å². The Bertz CT molecular complexity index is 1010. The molecule has 0 aliphatic rings. The molecule has 2 heterocycles. The molecule has 9 nitrogen and oxygen atoms in total. The summed E-state index contributed by atoms with van der Waals surface area (Å²) in [5.74, 6) is -0.332. The Morgan fingerprint density at radius 3 is 2.57 bits per heavy atom. The van der Waals surface area contributed by atoms with E-state index >= 15 is 0 Å². The van der Waals surface area contributed by atoms with Crippen molar-refractivity contribution in [2.75, 3.05) is 5.73 Å². The average Bonchev–Trinajstić information content (AvgIpc) is 3.14. The molecule has 0 saturated carbocycles. The van der Waals surface area contributed by atoms with Crippen molar-refractivity contribution in [3.8, 4) is 17.5 Å². The maximum Gasteiger partial charge on any atom is 0.322 e. The Labute approximate surface area is 131 Å². The number of nitrogens with zero attached hydrogens (tertiary/aromatic N) is 5. The number of aromatic nitrogens is 4. The highest BCUT2D eigenvalue weighted by atomic mass is 32.2. The van der Waals surface area contributed by atoms with Crippen molar-refractivity contribution in [3.05, 3.63) is 41.9 Å². The summed E-state index contributed by atoms with van der Waals surface area (Å²) in [5.41, 5.74) is 6.64. The lowest BCUT2D eigenvalue weighted by molar-refractivity contribution is 0.452. The normalized spacial score (nSPS) is 11.3. The van der Waals surface area contributed by atoms with Crippen LogP contribution in [0.3, 0.4) is 0 Å². The Morgan fingerprint density at radius 1 is 1.30 bits per heavy atom. The van der Waals surface area contributed by atoms with E-state index in [-0.39, 0.29) is 17.5 Å². The predicted molar refractivity (Wildman–Crippen MR) is 78.4 cm³/mol. The van der Waals surface area contributed by atoms with Gasteiger partial charge in [0.1, 0.15) is 12.4 Å². The van der Waals surface area contributed by atoms with Gasteiger partial charge >= 0.3 is 10.0 Å². The highest BCUT2D eigenvalue weighted by Gasteiger charge is 2.31. The summed E-state index contributed by atoms with van der Waals surface area (Å²) in [6.07, 6.45) is 0.982. The monoisotopic (exact) mass is 330 g/mol. The quantitative estimate of drug-likeness (QED) is 0.747. The molecule has 0 aliphatic carbocycles. The van der Waals surface area contributed by atoms with E-state index in [2.05, 4.69) is 15.1 Å². The van der Waals surface area contributed by atoms with Gasteiger partial charge in [0.2, 0.25) is 17.5 Å². The second-order valence-corrected chi connectivity index (χ2v) is 6.27. The zero-order valence-electron chi connectivity index (χ0n) is 11.8. The highest BCUT2D eigenvalue weighted by molar-refractivity contribution is 7.89.